The van der Waals surface area contributed by atoms with E-state index < -0.39 is 5.97 Å². The van der Waals surface area contributed by atoms with Crippen LogP contribution >= 0.6 is 0 Å². The molecule has 0 atom stereocenters. The first-order valence-corrected chi connectivity index (χ1v) is 8.05. The number of aromatic hydroxyl groups is 1. The van der Waals surface area contributed by atoms with Gasteiger partial charge in [0.25, 0.3) is 0 Å². The molecule has 2 aromatic rings. The van der Waals surface area contributed by atoms with Gasteiger partial charge in [-0.1, -0.05) is 36.4 Å². The summed E-state index contributed by atoms with van der Waals surface area (Å²) in [5.74, 6) is -0.277. The van der Waals surface area contributed by atoms with Crippen molar-refractivity contribution in [1.82, 2.24) is 5.39 Å². The molecule has 0 aliphatic heterocycles. The Bertz CT molecular complexity index is 710. The molecule has 0 spiro atoms. The lowest BCUT2D eigenvalue weighted by Crippen LogP contribution is -2.15. The van der Waals surface area contributed by atoms with Crippen molar-refractivity contribution in [2.24, 2.45) is 0 Å². The predicted molar refractivity (Wildman–Crippen MR) is 93.1 cm³/mol. The van der Waals surface area contributed by atoms with Crippen molar-refractivity contribution in [3.05, 3.63) is 71.3 Å². The van der Waals surface area contributed by atoms with Crippen molar-refractivity contribution >= 4 is 12.0 Å². The van der Waals surface area contributed by atoms with Crippen LogP contribution in [0.5, 0.6) is 5.75 Å². The van der Waals surface area contributed by atoms with E-state index in [2.05, 4.69) is 4.84 Å². The summed E-state index contributed by atoms with van der Waals surface area (Å²) in [4.78, 5) is 16.2. The van der Waals surface area contributed by atoms with Crippen LogP contribution in [0.25, 0.3) is 6.08 Å². The lowest BCUT2D eigenvalue weighted by molar-refractivity contribution is -0.492. The Morgan fingerprint density at radius 2 is 1.65 bits per heavy atom. The number of benzene rings is 2. The minimum atomic E-state index is -0.447. The van der Waals surface area contributed by atoms with Crippen LogP contribution in [0.15, 0.2) is 54.6 Å². The third kappa shape index (κ3) is 7.45. The number of esters is 1. The fraction of sp³-hybridized carbons (Fsp3) is 0.211. The zero-order chi connectivity index (χ0) is 18.8. The monoisotopic (exact) mass is 359 g/mol. The average Bonchev–Trinajstić information content (AvgIpc) is 2.64. The molecule has 0 aromatic heterocycles. The molecule has 0 aliphatic rings. The van der Waals surface area contributed by atoms with E-state index in [4.69, 9.17) is 15.2 Å². The lowest BCUT2D eigenvalue weighted by Gasteiger charge is -2.07. The third-order valence-corrected chi connectivity index (χ3v) is 3.53. The summed E-state index contributed by atoms with van der Waals surface area (Å²) >= 11 is 0. The van der Waals surface area contributed by atoms with Crippen molar-refractivity contribution < 1.29 is 29.9 Å². The molecule has 0 unspecified atom stereocenters. The first-order chi connectivity index (χ1) is 12.5. The molecule has 3 N–H and O–H groups in total. The van der Waals surface area contributed by atoms with Crippen molar-refractivity contribution in [2.75, 3.05) is 6.61 Å². The van der Waals surface area contributed by atoms with Crippen molar-refractivity contribution in [2.45, 2.75) is 19.4 Å². The number of aryl methyl sites for hydroxylation is 1. The molecule has 0 bridgehead atoms. The summed E-state index contributed by atoms with van der Waals surface area (Å²) in [5.41, 5.74) is 2.73. The maximum atomic E-state index is 11.7. The molecular formula is C19H21NO6. The molecular weight excluding hydrogens is 338 g/mol. The van der Waals surface area contributed by atoms with E-state index in [-0.39, 0.29) is 24.4 Å². The number of phenols is 1. The Balaban J connectivity index is 1.73. The van der Waals surface area contributed by atoms with Crippen LogP contribution in [0.1, 0.15) is 23.1 Å². The number of phenolic OH excluding ortho intramolecular Hbond substituents is 1. The van der Waals surface area contributed by atoms with Crippen molar-refractivity contribution in [3.63, 3.8) is 0 Å². The van der Waals surface area contributed by atoms with E-state index in [1.807, 2.05) is 24.3 Å². The minimum absolute atomic E-state index is 0.171. The van der Waals surface area contributed by atoms with Gasteiger partial charge < -0.3 is 9.84 Å². The largest absolute Gasteiger partial charge is 0.508 e. The topological polar surface area (TPSA) is 99.5 Å². The second-order valence-electron chi connectivity index (χ2n) is 5.54. The zero-order valence-corrected chi connectivity index (χ0v) is 14.1. The Morgan fingerprint density at radius 3 is 2.31 bits per heavy atom. The number of nitrogens with zero attached hydrogens (tertiary/aromatic N) is 1. The Labute approximate surface area is 151 Å². The van der Waals surface area contributed by atoms with Gasteiger partial charge in [0.2, 0.25) is 0 Å². The van der Waals surface area contributed by atoms with Gasteiger partial charge in [0, 0.05) is 6.08 Å². The van der Waals surface area contributed by atoms with Gasteiger partial charge in [-0.05, 0) is 47.7 Å². The number of carbonyl (C=O) groups excluding carboxylic acids is 1. The summed E-state index contributed by atoms with van der Waals surface area (Å²) < 4.78 is 5.18. The van der Waals surface area contributed by atoms with Gasteiger partial charge >= 0.3 is 5.97 Å². The van der Waals surface area contributed by atoms with E-state index in [9.17, 15) is 9.90 Å². The summed E-state index contributed by atoms with van der Waals surface area (Å²) in [6.07, 6.45) is 4.32. The molecule has 2 aromatic carbocycles. The number of rotatable bonds is 9. The normalized spacial score (nSPS) is 11.2. The van der Waals surface area contributed by atoms with E-state index >= 15 is 0 Å². The van der Waals surface area contributed by atoms with Gasteiger partial charge in [-0.2, -0.15) is 0 Å². The fourth-order valence-electron chi connectivity index (χ4n) is 2.18. The smallest absolute Gasteiger partial charge is 0.331 e. The highest BCUT2D eigenvalue weighted by Gasteiger charge is 2.01. The minimum Gasteiger partial charge on any atom is -0.508 e. The van der Waals surface area contributed by atoms with Gasteiger partial charge in [0.15, 0.2) is 0 Å². The molecule has 26 heavy (non-hydrogen) atoms. The summed E-state index contributed by atoms with van der Waals surface area (Å²) in [6, 6.07) is 14.1. The first kappa shape index (κ1) is 19.6. The van der Waals surface area contributed by atoms with Gasteiger partial charge in [0.1, 0.15) is 12.4 Å². The second kappa shape index (κ2) is 10.3. The number of hydrogen-bond donors (Lipinski definition) is 3. The molecule has 0 radical (unpaired) electrons. The van der Waals surface area contributed by atoms with Crippen molar-refractivity contribution in [3.8, 4) is 5.75 Å². The molecule has 0 saturated heterocycles. The molecule has 0 aliphatic carbocycles. The number of carbonyl (C=O) groups is 1. The molecule has 2 rings (SSSR count). The first-order valence-electron chi connectivity index (χ1n) is 8.05. The fourth-order valence-corrected chi connectivity index (χ4v) is 2.18. The van der Waals surface area contributed by atoms with Crippen LogP contribution in [0, 0.1) is 0 Å². The molecule has 0 amide bonds. The molecule has 0 saturated carbocycles. The SMILES string of the molecule is O=C(/C=C/c1ccc(O)cc1)OCc1ccc(CCCON(O)O)cc1. The highest BCUT2D eigenvalue weighted by Crippen LogP contribution is 2.11. The summed E-state index contributed by atoms with van der Waals surface area (Å²) in [5, 5.41) is 25.7. The van der Waals surface area contributed by atoms with E-state index in [1.165, 1.54) is 6.08 Å². The van der Waals surface area contributed by atoms with Crippen LogP contribution in [-0.4, -0.2) is 33.5 Å². The Hall–Kier alpha value is -2.71. The Kier molecular flexibility index (Phi) is 7.78. The van der Waals surface area contributed by atoms with Gasteiger partial charge in [-0.3, -0.25) is 15.3 Å². The van der Waals surface area contributed by atoms with E-state index in [0.29, 0.717) is 6.42 Å². The Morgan fingerprint density at radius 1 is 1.00 bits per heavy atom. The van der Waals surface area contributed by atoms with Crippen LogP contribution in [-0.2, 0) is 27.4 Å². The average molecular weight is 359 g/mol. The standard InChI is InChI=1S/C19H21NO6/c21-18-10-7-16(8-11-18)9-12-19(22)25-14-17-5-3-15(4-6-17)2-1-13-26-20(23)24/h3-12,21,23-24H,1-2,13-14H2/b12-9+. The molecule has 0 heterocycles. The molecule has 0 fully saturated rings. The zero-order valence-electron chi connectivity index (χ0n) is 14.1. The molecule has 7 heteroatoms. The van der Waals surface area contributed by atoms with Crippen LogP contribution in [0.4, 0.5) is 0 Å². The van der Waals surface area contributed by atoms with E-state index in [1.54, 1.807) is 30.3 Å². The lowest BCUT2D eigenvalue weighted by atomic mass is 10.1. The predicted octanol–water partition coefficient (Wildman–Crippen LogP) is 3.09. The van der Waals surface area contributed by atoms with Gasteiger partial charge in [-0.15, -0.1) is 0 Å². The van der Waals surface area contributed by atoms with Crippen molar-refractivity contribution in [1.29, 1.82) is 0 Å². The number of ether oxygens (including phenoxy) is 1. The van der Waals surface area contributed by atoms with Crippen LogP contribution in [0.2, 0.25) is 0 Å². The summed E-state index contributed by atoms with van der Waals surface area (Å²) in [7, 11) is 0. The second-order valence-corrected chi connectivity index (χ2v) is 5.54. The molecule has 138 valence electrons. The number of hydrogen-bond acceptors (Lipinski definition) is 7. The van der Waals surface area contributed by atoms with Gasteiger partial charge in [-0.25, -0.2) is 4.79 Å². The third-order valence-electron chi connectivity index (χ3n) is 3.53. The van der Waals surface area contributed by atoms with Crippen LogP contribution < -0.4 is 0 Å². The highest BCUT2D eigenvalue weighted by atomic mass is 17.1. The summed E-state index contributed by atoms with van der Waals surface area (Å²) in [6.45, 7) is 0.367. The van der Waals surface area contributed by atoms with E-state index in [0.717, 1.165) is 23.1 Å². The van der Waals surface area contributed by atoms with Crippen LogP contribution in [0.3, 0.4) is 0 Å². The maximum absolute atomic E-state index is 11.7. The van der Waals surface area contributed by atoms with Gasteiger partial charge in [0.05, 0.1) is 12.0 Å². The quantitative estimate of drug-likeness (QED) is 0.274. The maximum Gasteiger partial charge on any atom is 0.331 e. The molecule has 7 nitrogen and oxygen atoms in total. The highest BCUT2D eigenvalue weighted by molar-refractivity contribution is 5.87.